The lowest BCUT2D eigenvalue weighted by Gasteiger charge is -2.67. The number of aliphatic hydroxyl groups excluding tert-OH is 7. The molecule has 2 aliphatic heterocycles. The van der Waals surface area contributed by atoms with E-state index in [0.29, 0.717) is 38.5 Å². The number of rotatable bonds is 10. The molecule has 0 aromatic carbocycles. The maximum absolute atomic E-state index is 12.0. The highest BCUT2D eigenvalue weighted by Gasteiger charge is 2.74. The maximum atomic E-state index is 12.0. The second kappa shape index (κ2) is 13.8. The normalized spacial score (nSPS) is 54.7. The first kappa shape index (κ1) is 40.1. The lowest BCUT2D eigenvalue weighted by Crippen LogP contribution is -2.77. The minimum Gasteiger partial charge on any atom is -0.394 e. The summed E-state index contributed by atoms with van der Waals surface area (Å²) in [7, 11) is -3.46. The van der Waals surface area contributed by atoms with Gasteiger partial charge in [0.05, 0.1) is 25.4 Å². The fourth-order valence-electron chi connectivity index (χ4n) is 11.9. The molecular formula is C34H58O16S. The van der Waals surface area contributed by atoms with E-state index in [4.69, 9.17) is 23.1 Å². The van der Waals surface area contributed by atoms with Crippen molar-refractivity contribution in [3.05, 3.63) is 0 Å². The van der Waals surface area contributed by atoms with Crippen molar-refractivity contribution in [3.63, 3.8) is 0 Å². The third kappa shape index (κ3) is 6.14. The Morgan fingerprint density at radius 3 is 2.25 bits per heavy atom. The summed E-state index contributed by atoms with van der Waals surface area (Å²) in [5.74, 6) is -1.06. The van der Waals surface area contributed by atoms with Crippen molar-refractivity contribution in [1.82, 2.24) is 0 Å². The van der Waals surface area contributed by atoms with Crippen LogP contribution in [-0.4, -0.2) is 147 Å². The van der Waals surface area contributed by atoms with Crippen LogP contribution in [0, 0.1) is 46.3 Å². The minimum atomic E-state index is -5.10. The van der Waals surface area contributed by atoms with E-state index >= 15 is 0 Å². The van der Waals surface area contributed by atoms with Gasteiger partial charge in [0.1, 0.15) is 48.3 Å². The summed E-state index contributed by atoms with van der Waals surface area (Å²) < 4.78 is 61.7. The molecule has 6 fully saturated rings. The van der Waals surface area contributed by atoms with Crippen LogP contribution < -0.4 is 0 Å². The first-order valence-corrected chi connectivity index (χ1v) is 19.6. The molecule has 2 saturated heterocycles. The molecule has 51 heavy (non-hydrogen) atoms. The molecule has 17 heteroatoms. The lowest BCUT2D eigenvalue weighted by atomic mass is 9.41. The van der Waals surface area contributed by atoms with Gasteiger partial charge < -0.3 is 59.8 Å². The summed E-state index contributed by atoms with van der Waals surface area (Å²) in [6.07, 6.45) is -10.5. The molecule has 20 atom stereocenters. The molecule has 0 amide bonds. The molecule has 0 unspecified atom stereocenters. The van der Waals surface area contributed by atoms with Crippen LogP contribution in [0.5, 0.6) is 0 Å². The molecule has 6 aliphatic rings. The summed E-state index contributed by atoms with van der Waals surface area (Å²) in [6, 6.07) is 0. The summed E-state index contributed by atoms with van der Waals surface area (Å²) in [5, 5.41) is 85.5. The van der Waals surface area contributed by atoms with Crippen molar-refractivity contribution in [3.8, 4) is 0 Å². The van der Waals surface area contributed by atoms with Gasteiger partial charge in [0.2, 0.25) is 0 Å². The van der Waals surface area contributed by atoms with Gasteiger partial charge in [0.15, 0.2) is 12.1 Å². The monoisotopic (exact) mass is 754 g/mol. The second-order valence-corrected chi connectivity index (χ2v) is 18.0. The SMILES string of the molecule is CO[C@]1(CC[C@H](C)CO[C@@H]2O[C@H](CO)[C@@H](O)[C@H](O)[C@H]2O)O[C@H]2C[C@H]3[C@@H]4CC[C@]5(O)[C@@H](O)[C@@H](O)[C@H](OS(=O)(=O)O)[C@@H](O)[C@]5(C)[C@H]4CC[C@]3(C)[C@H]2[C@@H]1C. The van der Waals surface area contributed by atoms with Crippen LogP contribution in [-0.2, 0) is 33.5 Å². The number of methoxy groups -OCH3 is 1. The Labute approximate surface area is 299 Å². The first-order valence-electron chi connectivity index (χ1n) is 18.3. The second-order valence-electron chi connectivity index (χ2n) is 16.9. The Morgan fingerprint density at radius 1 is 0.941 bits per heavy atom. The van der Waals surface area contributed by atoms with Crippen LogP contribution in [0.3, 0.4) is 0 Å². The molecule has 4 saturated carbocycles. The van der Waals surface area contributed by atoms with E-state index in [1.165, 1.54) is 0 Å². The van der Waals surface area contributed by atoms with E-state index in [1.54, 1.807) is 14.0 Å². The van der Waals surface area contributed by atoms with Crippen LogP contribution in [0.25, 0.3) is 0 Å². The van der Waals surface area contributed by atoms with Crippen LogP contribution in [0.4, 0.5) is 0 Å². The Bertz CT molecular complexity index is 1370. The van der Waals surface area contributed by atoms with Crippen LogP contribution in [0.15, 0.2) is 0 Å². The van der Waals surface area contributed by atoms with Crippen molar-refractivity contribution in [2.45, 2.75) is 145 Å². The van der Waals surface area contributed by atoms with Gasteiger partial charge in [0.25, 0.3) is 0 Å². The highest BCUT2D eigenvalue weighted by atomic mass is 32.3. The molecule has 4 aliphatic carbocycles. The van der Waals surface area contributed by atoms with Crippen LogP contribution in [0.1, 0.15) is 72.6 Å². The Balaban J connectivity index is 1.14. The third-order valence-corrected chi connectivity index (χ3v) is 15.2. The van der Waals surface area contributed by atoms with E-state index in [9.17, 15) is 53.8 Å². The fourth-order valence-corrected chi connectivity index (χ4v) is 12.4. The van der Waals surface area contributed by atoms with Crippen molar-refractivity contribution in [1.29, 1.82) is 0 Å². The minimum absolute atomic E-state index is 0.0153. The molecule has 0 bridgehead atoms. The quantitative estimate of drug-likeness (QED) is 0.122. The summed E-state index contributed by atoms with van der Waals surface area (Å²) in [6.45, 7) is 7.64. The highest BCUT2D eigenvalue weighted by molar-refractivity contribution is 7.80. The van der Waals surface area contributed by atoms with Gasteiger partial charge in [-0.15, -0.1) is 0 Å². The number of hydrogen-bond acceptors (Lipinski definition) is 15. The summed E-state index contributed by atoms with van der Waals surface area (Å²) >= 11 is 0. The Morgan fingerprint density at radius 2 is 1.63 bits per heavy atom. The topological polar surface area (TPSA) is 262 Å². The third-order valence-electron chi connectivity index (χ3n) is 14.7. The van der Waals surface area contributed by atoms with E-state index in [2.05, 4.69) is 13.8 Å². The van der Waals surface area contributed by atoms with Gasteiger partial charge in [-0.2, -0.15) is 8.42 Å². The molecule has 0 aromatic heterocycles. The van der Waals surface area contributed by atoms with Gasteiger partial charge in [0, 0.05) is 24.9 Å². The van der Waals surface area contributed by atoms with E-state index < -0.39 is 88.9 Å². The molecule has 0 aromatic rings. The van der Waals surface area contributed by atoms with Gasteiger partial charge in [-0.3, -0.25) is 4.55 Å². The summed E-state index contributed by atoms with van der Waals surface area (Å²) in [5.41, 5.74) is -3.58. The molecule has 0 radical (unpaired) electrons. The Kier molecular flexibility index (Phi) is 10.9. The van der Waals surface area contributed by atoms with Crippen molar-refractivity contribution >= 4 is 10.4 Å². The standard InChI is InChI=1S/C34H58O16S/c1-15(14-47-30-25(38)24(37)23(36)21(13-35)48-30)6-11-34(46-5)16(2)22-20(49-34)12-19-17-7-10-33(42)28(40)26(39)27(50-51(43,44)45)29(41)32(33,4)18(17)8-9-31(19,22)3/h15-30,35-42H,6-14H2,1-5H3,(H,43,44,45)/t15-,16-,17+,18-,19-,20-,21+,22-,23+,24-,25+,26-,27-,28-,29+,30+,31-,32-,33-,34+/m0/s1. The zero-order valence-electron chi connectivity index (χ0n) is 29.9. The predicted molar refractivity (Wildman–Crippen MR) is 175 cm³/mol. The molecule has 16 nitrogen and oxygen atoms in total. The molecule has 2 heterocycles. The van der Waals surface area contributed by atoms with Crippen molar-refractivity contribution in [2.75, 3.05) is 20.3 Å². The largest absolute Gasteiger partial charge is 0.397 e. The highest BCUT2D eigenvalue weighted by Crippen LogP contribution is 2.71. The van der Waals surface area contributed by atoms with E-state index in [-0.39, 0.29) is 60.1 Å². The smallest absolute Gasteiger partial charge is 0.394 e. The van der Waals surface area contributed by atoms with Crippen LogP contribution in [0.2, 0.25) is 0 Å². The van der Waals surface area contributed by atoms with Gasteiger partial charge in [-0.25, -0.2) is 4.18 Å². The Hall–Kier alpha value is -0.610. The fraction of sp³-hybridized carbons (Fsp3) is 1.00. The maximum Gasteiger partial charge on any atom is 0.397 e. The van der Waals surface area contributed by atoms with Gasteiger partial charge >= 0.3 is 10.4 Å². The number of hydrogen-bond donors (Lipinski definition) is 9. The average molecular weight is 755 g/mol. The van der Waals surface area contributed by atoms with E-state index in [1.807, 2.05) is 6.92 Å². The number of ether oxygens (including phenoxy) is 4. The molecule has 9 N–H and O–H groups in total. The predicted octanol–water partition coefficient (Wildman–Crippen LogP) is -0.919. The van der Waals surface area contributed by atoms with E-state index in [0.717, 1.165) is 0 Å². The first-order chi connectivity index (χ1) is 23.7. The molecule has 0 spiro atoms. The van der Waals surface area contributed by atoms with Crippen LogP contribution >= 0.6 is 0 Å². The van der Waals surface area contributed by atoms with Gasteiger partial charge in [-0.05, 0) is 73.5 Å². The number of fused-ring (bicyclic) bond motifs is 7. The molecule has 6 rings (SSSR count). The van der Waals surface area contributed by atoms with Crippen molar-refractivity contribution in [2.24, 2.45) is 46.3 Å². The molecule has 296 valence electrons. The van der Waals surface area contributed by atoms with Gasteiger partial charge in [-0.1, -0.05) is 27.7 Å². The van der Waals surface area contributed by atoms with Crippen molar-refractivity contribution < 1.29 is 77.0 Å². The average Bonchev–Trinajstić information content (AvgIpc) is 3.54. The number of aliphatic hydroxyl groups is 8. The summed E-state index contributed by atoms with van der Waals surface area (Å²) in [4.78, 5) is 0. The molecular weight excluding hydrogens is 696 g/mol. The lowest BCUT2D eigenvalue weighted by molar-refractivity contribution is -0.321. The zero-order chi connectivity index (χ0) is 37.6. The zero-order valence-corrected chi connectivity index (χ0v) is 30.7.